The zero-order valence-electron chi connectivity index (χ0n) is 16.2. The van der Waals surface area contributed by atoms with Gasteiger partial charge in [-0.3, -0.25) is 9.59 Å². The highest BCUT2D eigenvalue weighted by molar-refractivity contribution is 6.00. The first-order valence-corrected chi connectivity index (χ1v) is 9.46. The summed E-state index contributed by atoms with van der Waals surface area (Å²) in [6.45, 7) is 4.98. The van der Waals surface area contributed by atoms with Gasteiger partial charge in [-0.05, 0) is 37.1 Å². The van der Waals surface area contributed by atoms with Crippen molar-refractivity contribution >= 4 is 17.5 Å². The molecule has 1 atom stereocenters. The van der Waals surface area contributed by atoms with Crippen molar-refractivity contribution in [1.29, 1.82) is 0 Å². The van der Waals surface area contributed by atoms with Crippen LogP contribution in [0.25, 0.3) is 0 Å². The van der Waals surface area contributed by atoms with Gasteiger partial charge in [0.05, 0.1) is 24.3 Å². The summed E-state index contributed by atoms with van der Waals surface area (Å²) in [6.07, 6.45) is 0.203. The van der Waals surface area contributed by atoms with Gasteiger partial charge < -0.3 is 15.0 Å². The largest absolute Gasteiger partial charge is 0.374 e. The van der Waals surface area contributed by atoms with Crippen LogP contribution in [0.4, 0.5) is 10.1 Å². The van der Waals surface area contributed by atoms with Gasteiger partial charge in [0.1, 0.15) is 5.82 Å². The van der Waals surface area contributed by atoms with Gasteiger partial charge in [0, 0.05) is 19.5 Å². The average molecular weight is 384 g/mol. The van der Waals surface area contributed by atoms with Crippen LogP contribution in [0, 0.1) is 11.7 Å². The van der Waals surface area contributed by atoms with E-state index in [9.17, 15) is 14.0 Å². The van der Waals surface area contributed by atoms with Crippen molar-refractivity contribution in [2.24, 2.45) is 5.92 Å². The molecule has 1 N–H and O–H groups in total. The van der Waals surface area contributed by atoms with Crippen molar-refractivity contribution < 1.29 is 18.7 Å². The lowest BCUT2D eigenvalue weighted by Crippen LogP contribution is -2.33. The Balaban J connectivity index is 1.61. The Bertz CT molecular complexity index is 853. The van der Waals surface area contributed by atoms with E-state index in [2.05, 4.69) is 5.32 Å². The number of halogens is 1. The highest BCUT2D eigenvalue weighted by Crippen LogP contribution is 2.27. The summed E-state index contributed by atoms with van der Waals surface area (Å²) < 4.78 is 19.6. The maximum atomic E-state index is 14.0. The summed E-state index contributed by atoms with van der Waals surface area (Å²) in [4.78, 5) is 26.2. The molecular formula is C22H25FN2O3. The molecule has 2 aromatic carbocycles. The summed E-state index contributed by atoms with van der Waals surface area (Å²) >= 11 is 0. The molecule has 1 unspecified atom stereocenters. The number of ether oxygens (including phenoxy) is 1. The number of benzene rings is 2. The molecule has 1 aliphatic rings. The van der Waals surface area contributed by atoms with E-state index in [4.69, 9.17) is 4.74 Å². The van der Waals surface area contributed by atoms with Crippen molar-refractivity contribution in [2.45, 2.75) is 39.5 Å². The summed E-state index contributed by atoms with van der Waals surface area (Å²) in [6, 6.07) is 13.9. The van der Waals surface area contributed by atoms with Crippen LogP contribution in [0.15, 0.2) is 48.5 Å². The molecule has 2 amide bonds. The molecule has 2 aromatic rings. The highest BCUT2D eigenvalue weighted by Gasteiger charge is 2.36. The lowest BCUT2D eigenvalue weighted by atomic mass is 10.1. The van der Waals surface area contributed by atoms with E-state index in [1.165, 1.54) is 11.0 Å². The van der Waals surface area contributed by atoms with E-state index in [-0.39, 0.29) is 36.6 Å². The van der Waals surface area contributed by atoms with Gasteiger partial charge >= 0.3 is 0 Å². The second-order valence-corrected chi connectivity index (χ2v) is 7.20. The molecule has 0 radical (unpaired) electrons. The lowest BCUT2D eigenvalue weighted by Gasteiger charge is -2.17. The summed E-state index contributed by atoms with van der Waals surface area (Å²) in [5, 5.41) is 2.91. The second kappa shape index (κ2) is 8.97. The molecule has 1 aliphatic heterocycles. The normalized spacial score (nSPS) is 16.6. The van der Waals surface area contributed by atoms with Gasteiger partial charge in [-0.2, -0.15) is 0 Å². The van der Waals surface area contributed by atoms with Crippen LogP contribution in [-0.4, -0.2) is 24.5 Å². The fourth-order valence-corrected chi connectivity index (χ4v) is 3.24. The Morgan fingerprint density at radius 2 is 1.86 bits per heavy atom. The molecule has 0 bridgehead atoms. The number of rotatable bonds is 7. The predicted molar refractivity (Wildman–Crippen MR) is 105 cm³/mol. The highest BCUT2D eigenvalue weighted by atomic mass is 19.1. The Morgan fingerprint density at radius 3 is 2.57 bits per heavy atom. The van der Waals surface area contributed by atoms with E-state index in [1.807, 2.05) is 38.1 Å². The molecule has 0 spiro atoms. The number of anilines is 1. The molecule has 1 fully saturated rings. The Hall–Kier alpha value is -2.73. The van der Waals surface area contributed by atoms with Gasteiger partial charge in [-0.25, -0.2) is 4.39 Å². The first-order valence-electron chi connectivity index (χ1n) is 9.46. The lowest BCUT2D eigenvalue weighted by molar-refractivity contribution is -0.126. The van der Waals surface area contributed by atoms with Gasteiger partial charge in [0.15, 0.2) is 0 Å². The molecule has 148 valence electrons. The Labute approximate surface area is 164 Å². The minimum absolute atomic E-state index is 0.0816. The SMILES string of the molecule is CC(C)OCc1ccccc1CNC(=O)C1CC(=O)N(c2ccccc2F)C1. The Kier molecular flexibility index (Phi) is 6.41. The molecule has 0 aliphatic carbocycles. The molecule has 6 heteroatoms. The fourth-order valence-electron chi connectivity index (χ4n) is 3.24. The smallest absolute Gasteiger partial charge is 0.227 e. The molecule has 1 saturated heterocycles. The number of hydrogen-bond acceptors (Lipinski definition) is 3. The van der Waals surface area contributed by atoms with E-state index in [0.29, 0.717) is 13.2 Å². The molecule has 1 heterocycles. The minimum Gasteiger partial charge on any atom is -0.374 e. The van der Waals surface area contributed by atoms with Crippen molar-refractivity contribution in [3.63, 3.8) is 0 Å². The monoisotopic (exact) mass is 384 g/mol. The molecule has 0 aromatic heterocycles. The van der Waals surface area contributed by atoms with Crippen LogP contribution < -0.4 is 10.2 Å². The zero-order valence-corrected chi connectivity index (χ0v) is 16.2. The van der Waals surface area contributed by atoms with Crippen LogP contribution >= 0.6 is 0 Å². The topological polar surface area (TPSA) is 58.6 Å². The number of nitrogens with one attached hydrogen (secondary N) is 1. The van der Waals surface area contributed by atoms with Crippen molar-refractivity contribution in [3.05, 3.63) is 65.5 Å². The number of amides is 2. The van der Waals surface area contributed by atoms with Gasteiger partial charge in [-0.15, -0.1) is 0 Å². The average Bonchev–Trinajstić information content (AvgIpc) is 3.07. The molecular weight excluding hydrogens is 359 g/mol. The van der Waals surface area contributed by atoms with E-state index in [1.54, 1.807) is 18.2 Å². The van der Waals surface area contributed by atoms with Gasteiger partial charge in [0.25, 0.3) is 0 Å². The molecule has 3 rings (SSSR count). The van der Waals surface area contributed by atoms with Crippen LogP contribution in [0.3, 0.4) is 0 Å². The number of para-hydroxylation sites is 1. The Morgan fingerprint density at radius 1 is 1.18 bits per heavy atom. The third-order valence-electron chi connectivity index (χ3n) is 4.78. The van der Waals surface area contributed by atoms with Crippen molar-refractivity contribution in [1.82, 2.24) is 5.32 Å². The summed E-state index contributed by atoms with van der Waals surface area (Å²) in [5.41, 5.74) is 2.22. The molecule has 28 heavy (non-hydrogen) atoms. The number of carbonyl (C=O) groups is 2. The second-order valence-electron chi connectivity index (χ2n) is 7.20. The number of hydrogen-bond donors (Lipinski definition) is 1. The maximum Gasteiger partial charge on any atom is 0.227 e. The van der Waals surface area contributed by atoms with Crippen molar-refractivity contribution in [3.8, 4) is 0 Å². The first kappa shape index (κ1) is 20.0. The number of nitrogens with zero attached hydrogens (tertiary/aromatic N) is 1. The quantitative estimate of drug-likeness (QED) is 0.796. The third-order valence-corrected chi connectivity index (χ3v) is 4.78. The number of carbonyl (C=O) groups excluding carboxylic acids is 2. The summed E-state index contributed by atoms with van der Waals surface area (Å²) in [5.74, 6) is -1.40. The molecule has 5 nitrogen and oxygen atoms in total. The van der Waals surface area contributed by atoms with Crippen LogP contribution in [-0.2, 0) is 27.5 Å². The standard InChI is InChI=1S/C22H25FN2O3/c1-15(2)28-14-17-8-4-3-7-16(17)12-24-22(27)18-11-21(26)25(13-18)20-10-6-5-9-19(20)23/h3-10,15,18H,11-14H2,1-2H3,(H,24,27). The van der Waals surface area contributed by atoms with Crippen LogP contribution in [0.1, 0.15) is 31.4 Å². The van der Waals surface area contributed by atoms with Crippen LogP contribution in [0.2, 0.25) is 0 Å². The van der Waals surface area contributed by atoms with Gasteiger partial charge in [0.2, 0.25) is 11.8 Å². The first-order chi connectivity index (χ1) is 13.5. The maximum absolute atomic E-state index is 14.0. The zero-order chi connectivity index (χ0) is 20.1. The summed E-state index contributed by atoms with van der Waals surface area (Å²) in [7, 11) is 0. The van der Waals surface area contributed by atoms with Gasteiger partial charge in [-0.1, -0.05) is 36.4 Å². The van der Waals surface area contributed by atoms with Crippen molar-refractivity contribution in [2.75, 3.05) is 11.4 Å². The predicted octanol–water partition coefficient (Wildman–Crippen LogP) is 3.42. The third kappa shape index (κ3) is 4.75. The minimum atomic E-state index is -0.494. The van der Waals surface area contributed by atoms with Crippen LogP contribution in [0.5, 0.6) is 0 Å². The van der Waals surface area contributed by atoms with E-state index in [0.717, 1.165) is 11.1 Å². The van der Waals surface area contributed by atoms with E-state index < -0.39 is 11.7 Å². The molecule has 0 saturated carbocycles. The fraction of sp³-hybridized carbons (Fsp3) is 0.364. The van der Waals surface area contributed by atoms with E-state index >= 15 is 0 Å².